The Morgan fingerprint density at radius 1 is 1.20 bits per heavy atom. The molecule has 0 bridgehead atoms. The van der Waals surface area contributed by atoms with E-state index in [2.05, 4.69) is 43.9 Å². The van der Waals surface area contributed by atoms with Crippen LogP contribution in [0.25, 0.3) is 0 Å². The Bertz CT molecular complexity index is 848. The molecule has 30 heavy (non-hydrogen) atoms. The second-order valence-corrected chi connectivity index (χ2v) is 10.6. The van der Waals surface area contributed by atoms with Gasteiger partial charge >= 0.3 is 0 Å². The van der Waals surface area contributed by atoms with Crippen molar-refractivity contribution < 1.29 is 20.1 Å². The molecule has 0 aromatic carbocycles. The first kappa shape index (κ1) is 21.8. The summed E-state index contributed by atoms with van der Waals surface area (Å²) >= 11 is 0. The molecule has 0 unspecified atom stereocenters. The van der Waals surface area contributed by atoms with E-state index in [4.69, 9.17) is 4.74 Å². The third-order valence-electron chi connectivity index (χ3n) is 8.22. The molecule has 164 valence electrons. The standard InChI is InChI=1S/C26H36O4/c1-24(2,29)11-5-13-30-16-18-7-9-21-20-8-6-17-14-19(27)15-23(28)26(17,4)22(20)10-12-25(18,21)3/h6-8,19,21-23,27-29H,9-10,12-16H2,1-4H3/t19-,21+,22+,23+,25-,26+/m1/s1. The summed E-state index contributed by atoms with van der Waals surface area (Å²) in [5.41, 5.74) is 2.89. The zero-order valence-electron chi connectivity index (χ0n) is 18.7. The van der Waals surface area contributed by atoms with Crippen LogP contribution in [0.1, 0.15) is 59.8 Å². The molecule has 0 spiro atoms. The quantitative estimate of drug-likeness (QED) is 0.377. The van der Waals surface area contributed by atoms with Crippen LogP contribution in [0.5, 0.6) is 0 Å². The highest BCUT2D eigenvalue weighted by Gasteiger charge is 2.56. The van der Waals surface area contributed by atoms with Crippen molar-refractivity contribution in [3.8, 4) is 11.8 Å². The van der Waals surface area contributed by atoms with E-state index in [1.54, 1.807) is 13.8 Å². The van der Waals surface area contributed by atoms with Crippen LogP contribution in [-0.2, 0) is 4.74 Å². The SMILES string of the molecule is CC(C)(O)C#CCOCC1=CC[C@H]2C3=CC=C4C[C@@H](O)C[C@H](O)[C@]4(C)[C@H]3CC[C@]12C. The van der Waals surface area contributed by atoms with E-state index in [0.717, 1.165) is 19.3 Å². The summed E-state index contributed by atoms with van der Waals surface area (Å²) < 4.78 is 5.85. The summed E-state index contributed by atoms with van der Waals surface area (Å²) in [5, 5.41) is 30.8. The Balaban J connectivity index is 1.49. The van der Waals surface area contributed by atoms with Crippen LogP contribution in [0.15, 0.2) is 34.9 Å². The summed E-state index contributed by atoms with van der Waals surface area (Å²) in [5.74, 6) is 6.50. The second-order valence-electron chi connectivity index (χ2n) is 10.6. The molecule has 0 saturated heterocycles. The van der Waals surface area contributed by atoms with Crippen molar-refractivity contribution in [2.24, 2.45) is 22.7 Å². The summed E-state index contributed by atoms with van der Waals surface area (Å²) in [4.78, 5) is 0. The van der Waals surface area contributed by atoms with Gasteiger partial charge in [-0.15, -0.1) is 0 Å². The Morgan fingerprint density at radius 3 is 2.70 bits per heavy atom. The molecular weight excluding hydrogens is 376 g/mol. The van der Waals surface area contributed by atoms with Crippen LogP contribution in [0.4, 0.5) is 0 Å². The van der Waals surface area contributed by atoms with Gasteiger partial charge in [-0.2, -0.15) is 0 Å². The Morgan fingerprint density at radius 2 is 1.97 bits per heavy atom. The largest absolute Gasteiger partial charge is 0.393 e. The maximum atomic E-state index is 11.0. The van der Waals surface area contributed by atoms with Gasteiger partial charge in [-0.1, -0.05) is 55.1 Å². The number of ether oxygens (including phenoxy) is 1. The minimum absolute atomic E-state index is 0.0901. The highest BCUT2D eigenvalue weighted by molar-refractivity contribution is 5.43. The van der Waals surface area contributed by atoms with Crippen LogP contribution >= 0.6 is 0 Å². The zero-order valence-corrected chi connectivity index (χ0v) is 18.7. The molecule has 0 aromatic heterocycles. The van der Waals surface area contributed by atoms with Crippen molar-refractivity contribution in [2.75, 3.05) is 13.2 Å². The van der Waals surface area contributed by atoms with Gasteiger partial charge in [0.2, 0.25) is 0 Å². The average Bonchev–Trinajstić information content (AvgIpc) is 2.98. The summed E-state index contributed by atoms with van der Waals surface area (Å²) in [6.45, 7) is 8.83. The normalized spacial score (nSPS) is 40.2. The predicted octanol–water partition coefficient (Wildman–Crippen LogP) is 3.53. The lowest BCUT2D eigenvalue weighted by Gasteiger charge is -2.56. The lowest BCUT2D eigenvalue weighted by atomic mass is 9.50. The van der Waals surface area contributed by atoms with E-state index in [0.29, 0.717) is 37.9 Å². The van der Waals surface area contributed by atoms with Crippen LogP contribution in [0, 0.1) is 34.5 Å². The molecule has 3 N–H and O–H groups in total. The number of hydrogen-bond acceptors (Lipinski definition) is 4. The van der Waals surface area contributed by atoms with E-state index in [1.807, 2.05) is 0 Å². The fourth-order valence-corrected chi connectivity index (χ4v) is 6.41. The molecule has 2 fully saturated rings. The van der Waals surface area contributed by atoms with E-state index in [1.165, 1.54) is 16.7 Å². The summed E-state index contributed by atoms with van der Waals surface area (Å²) in [7, 11) is 0. The van der Waals surface area contributed by atoms with Crippen LogP contribution in [0.3, 0.4) is 0 Å². The summed E-state index contributed by atoms with van der Waals surface area (Å²) in [6.07, 6.45) is 10.2. The number of rotatable bonds is 3. The average molecular weight is 413 g/mol. The molecule has 4 aliphatic rings. The molecule has 4 rings (SSSR count). The first-order valence-corrected chi connectivity index (χ1v) is 11.3. The van der Waals surface area contributed by atoms with Gasteiger partial charge in [-0.25, -0.2) is 0 Å². The van der Waals surface area contributed by atoms with Crippen molar-refractivity contribution >= 4 is 0 Å². The number of aliphatic hydroxyl groups is 3. The van der Waals surface area contributed by atoms with Gasteiger partial charge < -0.3 is 20.1 Å². The molecule has 0 amide bonds. The number of aliphatic hydroxyl groups excluding tert-OH is 2. The van der Waals surface area contributed by atoms with Gasteiger partial charge in [0.1, 0.15) is 12.2 Å². The monoisotopic (exact) mass is 412 g/mol. The Labute approximate surface area is 180 Å². The molecule has 4 heteroatoms. The van der Waals surface area contributed by atoms with Crippen molar-refractivity contribution in [1.82, 2.24) is 0 Å². The van der Waals surface area contributed by atoms with Crippen molar-refractivity contribution in [1.29, 1.82) is 0 Å². The van der Waals surface area contributed by atoms with E-state index in [-0.39, 0.29) is 10.8 Å². The lowest BCUT2D eigenvalue weighted by molar-refractivity contribution is -0.0493. The van der Waals surface area contributed by atoms with Crippen LogP contribution in [-0.4, -0.2) is 46.3 Å². The van der Waals surface area contributed by atoms with Gasteiger partial charge in [0.25, 0.3) is 0 Å². The summed E-state index contributed by atoms with van der Waals surface area (Å²) in [6, 6.07) is 0. The molecular formula is C26H36O4. The van der Waals surface area contributed by atoms with Gasteiger partial charge in [0, 0.05) is 11.8 Å². The highest BCUT2D eigenvalue weighted by Crippen LogP contribution is 2.63. The van der Waals surface area contributed by atoms with Crippen molar-refractivity contribution in [2.45, 2.75) is 77.6 Å². The molecule has 0 radical (unpaired) electrons. The molecule has 4 nitrogen and oxygen atoms in total. The molecule has 0 heterocycles. The Hall–Kier alpha value is -1.38. The molecule has 0 aliphatic heterocycles. The number of allylic oxidation sites excluding steroid dienone is 4. The topological polar surface area (TPSA) is 69.9 Å². The van der Waals surface area contributed by atoms with Crippen LogP contribution < -0.4 is 0 Å². The van der Waals surface area contributed by atoms with Gasteiger partial charge in [-0.05, 0) is 62.4 Å². The fourth-order valence-electron chi connectivity index (χ4n) is 6.41. The van der Waals surface area contributed by atoms with Crippen molar-refractivity contribution in [3.63, 3.8) is 0 Å². The van der Waals surface area contributed by atoms with Gasteiger partial charge in [0.05, 0.1) is 18.8 Å². The van der Waals surface area contributed by atoms with Gasteiger partial charge in [-0.3, -0.25) is 0 Å². The van der Waals surface area contributed by atoms with Crippen LogP contribution in [0.2, 0.25) is 0 Å². The number of fused-ring (bicyclic) bond motifs is 5. The maximum Gasteiger partial charge on any atom is 0.120 e. The minimum Gasteiger partial charge on any atom is -0.393 e. The number of hydrogen-bond donors (Lipinski definition) is 3. The van der Waals surface area contributed by atoms with Gasteiger partial charge in [0.15, 0.2) is 0 Å². The predicted molar refractivity (Wildman–Crippen MR) is 117 cm³/mol. The molecule has 4 aliphatic carbocycles. The lowest BCUT2D eigenvalue weighted by Crippen LogP contribution is -2.52. The fraction of sp³-hybridized carbons (Fsp3) is 0.692. The second kappa shape index (κ2) is 7.64. The third-order valence-corrected chi connectivity index (χ3v) is 8.22. The first-order chi connectivity index (χ1) is 14.1. The smallest absolute Gasteiger partial charge is 0.120 e. The molecule has 6 atom stereocenters. The highest BCUT2D eigenvalue weighted by atomic mass is 16.5. The zero-order chi connectivity index (χ0) is 21.7. The molecule has 0 aromatic rings. The third kappa shape index (κ3) is 3.60. The Kier molecular flexibility index (Phi) is 5.56. The molecule has 2 saturated carbocycles. The van der Waals surface area contributed by atoms with E-state index >= 15 is 0 Å². The minimum atomic E-state index is -0.985. The van der Waals surface area contributed by atoms with Crippen molar-refractivity contribution in [3.05, 3.63) is 34.9 Å². The first-order valence-electron chi connectivity index (χ1n) is 11.3. The van der Waals surface area contributed by atoms with E-state index in [9.17, 15) is 15.3 Å². The van der Waals surface area contributed by atoms with E-state index < -0.39 is 17.8 Å². The maximum absolute atomic E-state index is 11.0.